The normalized spacial score (nSPS) is 24.8. The Labute approximate surface area is 120 Å². The SMILES string of the molecule is Cc1ccc(S(=O)(=O)N2CC(C)OC(CO)C2)cc1C. The van der Waals surface area contributed by atoms with E-state index in [2.05, 4.69) is 0 Å². The maximum Gasteiger partial charge on any atom is 0.243 e. The number of morpholine rings is 1. The molecule has 2 unspecified atom stereocenters. The van der Waals surface area contributed by atoms with E-state index in [1.165, 1.54) is 4.31 Å². The Morgan fingerprint density at radius 3 is 2.60 bits per heavy atom. The zero-order valence-corrected chi connectivity index (χ0v) is 12.9. The van der Waals surface area contributed by atoms with Crippen LogP contribution in [0.25, 0.3) is 0 Å². The molecule has 1 heterocycles. The summed E-state index contributed by atoms with van der Waals surface area (Å²) in [5.74, 6) is 0. The quantitative estimate of drug-likeness (QED) is 0.907. The molecule has 0 spiro atoms. The molecule has 112 valence electrons. The van der Waals surface area contributed by atoms with Crippen molar-refractivity contribution in [3.05, 3.63) is 29.3 Å². The Morgan fingerprint density at radius 2 is 2.00 bits per heavy atom. The minimum absolute atomic E-state index is 0.177. The van der Waals surface area contributed by atoms with E-state index >= 15 is 0 Å². The van der Waals surface area contributed by atoms with Crippen molar-refractivity contribution in [1.82, 2.24) is 4.31 Å². The van der Waals surface area contributed by atoms with Gasteiger partial charge in [0, 0.05) is 13.1 Å². The summed E-state index contributed by atoms with van der Waals surface area (Å²) in [6.45, 7) is 5.98. The lowest BCUT2D eigenvalue weighted by molar-refractivity contribution is -0.0750. The minimum atomic E-state index is -3.53. The van der Waals surface area contributed by atoms with E-state index in [4.69, 9.17) is 4.74 Å². The summed E-state index contributed by atoms with van der Waals surface area (Å²) >= 11 is 0. The van der Waals surface area contributed by atoms with Gasteiger partial charge in [0.1, 0.15) is 0 Å². The molecule has 0 aromatic heterocycles. The lowest BCUT2D eigenvalue weighted by Crippen LogP contribution is -2.50. The first-order valence-electron chi connectivity index (χ1n) is 6.68. The first-order valence-corrected chi connectivity index (χ1v) is 8.12. The van der Waals surface area contributed by atoms with Gasteiger partial charge < -0.3 is 9.84 Å². The highest BCUT2D eigenvalue weighted by Gasteiger charge is 2.33. The highest BCUT2D eigenvalue weighted by molar-refractivity contribution is 7.89. The third-order valence-electron chi connectivity index (χ3n) is 3.61. The largest absolute Gasteiger partial charge is 0.394 e. The number of aliphatic hydroxyl groups excluding tert-OH is 1. The lowest BCUT2D eigenvalue weighted by atomic mass is 10.1. The van der Waals surface area contributed by atoms with Crippen LogP contribution in [0.1, 0.15) is 18.1 Å². The summed E-state index contributed by atoms with van der Waals surface area (Å²) in [6.07, 6.45) is -0.678. The van der Waals surface area contributed by atoms with E-state index in [0.29, 0.717) is 11.4 Å². The van der Waals surface area contributed by atoms with Crippen LogP contribution in [0.4, 0.5) is 0 Å². The van der Waals surface area contributed by atoms with Crippen molar-refractivity contribution in [2.75, 3.05) is 19.7 Å². The molecule has 1 aromatic carbocycles. The van der Waals surface area contributed by atoms with Gasteiger partial charge in [-0.3, -0.25) is 0 Å². The predicted molar refractivity (Wildman–Crippen MR) is 76.1 cm³/mol. The van der Waals surface area contributed by atoms with Gasteiger partial charge in [-0.2, -0.15) is 4.31 Å². The summed E-state index contributed by atoms with van der Waals surface area (Å²) in [6, 6.07) is 5.14. The van der Waals surface area contributed by atoms with Gasteiger partial charge in [-0.05, 0) is 44.0 Å². The molecule has 2 rings (SSSR count). The number of sulfonamides is 1. The zero-order chi connectivity index (χ0) is 14.9. The van der Waals surface area contributed by atoms with Crippen molar-refractivity contribution in [2.24, 2.45) is 0 Å². The second kappa shape index (κ2) is 5.81. The van der Waals surface area contributed by atoms with Crippen LogP contribution in [-0.4, -0.2) is 49.7 Å². The lowest BCUT2D eigenvalue weighted by Gasteiger charge is -2.35. The fourth-order valence-corrected chi connectivity index (χ4v) is 3.96. The molecule has 5 nitrogen and oxygen atoms in total. The van der Waals surface area contributed by atoms with Crippen molar-refractivity contribution in [1.29, 1.82) is 0 Å². The summed E-state index contributed by atoms with van der Waals surface area (Å²) in [5, 5.41) is 9.20. The number of benzene rings is 1. The number of nitrogens with zero attached hydrogens (tertiary/aromatic N) is 1. The van der Waals surface area contributed by atoms with E-state index in [9.17, 15) is 13.5 Å². The summed E-state index contributed by atoms with van der Waals surface area (Å²) in [4.78, 5) is 0.298. The number of hydrogen-bond acceptors (Lipinski definition) is 4. The molecule has 6 heteroatoms. The number of ether oxygens (including phenoxy) is 1. The third-order valence-corrected chi connectivity index (χ3v) is 5.44. The molecule has 0 aliphatic carbocycles. The van der Waals surface area contributed by atoms with Crippen molar-refractivity contribution in [3.63, 3.8) is 0 Å². The molecule has 2 atom stereocenters. The molecule has 0 bridgehead atoms. The molecular weight excluding hydrogens is 278 g/mol. The van der Waals surface area contributed by atoms with E-state index in [1.54, 1.807) is 12.1 Å². The molecule has 1 aromatic rings. The smallest absolute Gasteiger partial charge is 0.243 e. The summed E-state index contributed by atoms with van der Waals surface area (Å²) in [7, 11) is -3.53. The molecule has 1 N–H and O–H groups in total. The Balaban J connectivity index is 2.31. The van der Waals surface area contributed by atoms with Gasteiger partial charge in [0.15, 0.2) is 0 Å². The molecule has 0 radical (unpaired) electrons. The molecule has 1 aliphatic heterocycles. The van der Waals surface area contributed by atoms with Crippen LogP contribution in [0.2, 0.25) is 0 Å². The topological polar surface area (TPSA) is 66.8 Å². The van der Waals surface area contributed by atoms with Crippen LogP contribution >= 0.6 is 0 Å². The molecule has 1 aliphatic rings. The van der Waals surface area contributed by atoms with Gasteiger partial charge in [0.2, 0.25) is 10.0 Å². The maximum atomic E-state index is 12.6. The van der Waals surface area contributed by atoms with Gasteiger partial charge in [-0.1, -0.05) is 6.07 Å². The Kier molecular flexibility index (Phi) is 4.49. The Hall–Kier alpha value is -0.950. The van der Waals surface area contributed by atoms with Crippen molar-refractivity contribution in [2.45, 2.75) is 37.9 Å². The molecule has 1 saturated heterocycles. The van der Waals surface area contributed by atoms with Gasteiger partial charge in [0.25, 0.3) is 0 Å². The molecule has 0 saturated carbocycles. The summed E-state index contributed by atoms with van der Waals surface area (Å²) in [5.41, 5.74) is 2.01. The van der Waals surface area contributed by atoms with Crippen LogP contribution in [0, 0.1) is 13.8 Å². The zero-order valence-electron chi connectivity index (χ0n) is 12.0. The van der Waals surface area contributed by atoms with Gasteiger partial charge >= 0.3 is 0 Å². The minimum Gasteiger partial charge on any atom is -0.394 e. The van der Waals surface area contributed by atoms with Crippen LogP contribution < -0.4 is 0 Å². The number of aryl methyl sites for hydroxylation is 2. The Morgan fingerprint density at radius 1 is 1.30 bits per heavy atom. The average molecular weight is 299 g/mol. The van der Waals surface area contributed by atoms with Gasteiger partial charge in [0.05, 0.1) is 23.7 Å². The van der Waals surface area contributed by atoms with E-state index in [0.717, 1.165) is 11.1 Å². The molecule has 20 heavy (non-hydrogen) atoms. The van der Waals surface area contributed by atoms with Crippen LogP contribution in [0.15, 0.2) is 23.1 Å². The van der Waals surface area contributed by atoms with E-state index in [1.807, 2.05) is 26.8 Å². The first-order chi connectivity index (χ1) is 9.34. The van der Waals surface area contributed by atoms with E-state index < -0.39 is 16.1 Å². The average Bonchev–Trinajstić information content (AvgIpc) is 2.41. The van der Waals surface area contributed by atoms with Crippen molar-refractivity contribution >= 4 is 10.0 Å². The Bertz CT molecular complexity index is 585. The number of aliphatic hydroxyl groups is 1. The predicted octanol–water partition coefficient (Wildman–Crippen LogP) is 1.07. The molecule has 1 fully saturated rings. The van der Waals surface area contributed by atoms with Crippen molar-refractivity contribution in [3.8, 4) is 0 Å². The van der Waals surface area contributed by atoms with Crippen molar-refractivity contribution < 1.29 is 18.3 Å². The van der Waals surface area contributed by atoms with Gasteiger partial charge in [-0.25, -0.2) is 8.42 Å². The second-order valence-corrected chi connectivity index (χ2v) is 7.26. The third kappa shape index (κ3) is 3.03. The van der Waals surface area contributed by atoms with E-state index in [-0.39, 0.29) is 19.3 Å². The number of hydrogen-bond donors (Lipinski definition) is 1. The molecule has 0 amide bonds. The van der Waals surface area contributed by atoms with Crippen LogP contribution in [0.5, 0.6) is 0 Å². The highest BCUT2D eigenvalue weighted by Crippen LogP contribution is 2.22. The fourth-order valence-electron chi connectivity index (χ4n) is 2.32. The van der Waals surface area contributed by atoms with Crippen LogP contribution in [-0.2, 0) is 14.8 Å². The van der Waals surface area contributed by atoms with Crippen LogP contribution in [0.3, 0.4) is 0 Å². The monoisotopic (exact) mass is 299 g/mol. The van der Waals surface area contributed by atoms with Gasteiger partial charge in [-0.15, -0.1) is 0 Å². The molecular formula is C14H21NO4S. The highest BCUT2D eigenvalue weighted by atomic mass is 32.2. The fraction of sp³-hybridized carbons (Fsp3) is 0.571. The maximum absolute atomic E-state index is 12.6. The number of rotatable bonds is 3. The second-order valence-electron chi connectivity index (χ2n) is 5.32. The standard InChI is InChI=1S/C14H21NO4S/c1-10-4-5-14(6-11(10)2)20(17,18)15-7-12(3)19-13(8-15)9-16/h4-6,12-13,16H,7-9H2,1-3H3. The first kappa shape index (κ1) is 15.4. The summed E-state index contributed by atoms with van der Waals surface area (Å²) < 4.78 is 32.2.